The van der Waals surface area contributed by atoms with Crippen LogP contribution in [0, 0.1) is 5.82 Å². The molecular weight excluding hydrogens is 427 g/mol. The van der Waals surface area contributed by atoms with Crippen molar-refractivity contribution in [3.63, 3.8) is 0 Å². The number of benzene rings is 2. The van der Waals surface area contributed by atoms with Gasteiger partial charge < -0.3 is 24.4 Å². The Morgan fingerprint density at radius 2 is 1.73 bits per heavy atom. The first kappa shape index (κ1) is 24.3. The van der Waals surface area contributed by atoms with Gasteiger partial charge in [0.25, 0.3) is 11.7 Å². The summed E-state index contributed by atoms with van der Waals surface area (Å²) in [5.74, 6) is -1.98. The number of methoxy groups -OCH3 is 2. The van der Waals surface area contributed by atoms with Crippen molar-refractivity contribution in [1.29, 1.82) is 0 Å². The van der Waals surface area contributed by atoms with Crippen LogP contribution in [0.4, 0.5) is 4.39 Å². The van der Waals surface area contributed by atoms with Gasteiger partial charge in [-0.25, -0.2) is 4.39 Å². The van der Waals surface area contributed by atoms with Crippen LogP contribution in [-0.2, 0) is 9.59 Å². The second-order valence-corrected chi connectivity index (χ2v) is 7.64. The highest BCUT2D eigenvalue weighted by Crippen LogP contribution is 2.40. The quantitative estimate of drug-likeness (QED) is 0.353. The standard InChI is InChI=1S/C25H29FN2O5/c1-5-27(6-2)13-14-28-22(16-7-10-18(32-3)11-8-16)21(24(30)25(28)31)23(29)17-9-12-20(33-4)19(26)15-17/h7-12,15,22,29H,5-6,13-14H2,1-4H3. The van der Waals surface area contributed by atoms with Gasteiger partial charge >= 0.3 is 0 Å². The number of nitrogens with zero attached hydrogens (tertiary/aromatic N) is 2. The van der Waals surface area contributed by atoms with E-state index in [1.807, 2.05) is 13.8 Å². The van der Waals surface area contributed by atoms with Crippen molar-refractivity contribution in [2.75, 3.05) is 40.4 Å². The van der Waals surface area contributed by atoms with Crippen LogP contribution >= 0.6 is 0 Å². The van der Waals surface area contributed by atoms with Crippen molar-refractivity contribution in [2.24, 2.45) is 0 Å². The summed E-state index contributed by atoms with van der Waals surface area (Å²) in [6.07, 6.45) is 0. The fourth-order valence-corrected chi connectivity index (χ4v) is 4.00. The van der Waals surface area contributed by atoms with Crippen molar-refractivity contribution in [1.82, 2.24) is 9.80 Å². The Bertz CT molecular complexity index is 1050. The molecule has 1 saturated heterocycles. The molecule has 1 fully saturated rings. The number of ether oxygens (including phenoxy) is 2. The summed E-state index contributed by atoms with van der Waals surface area (Å²) in [5, 5.41) is 11.1. The van der Waals surface area contributed by atoms with Crippen molar-refractivity contribution in [3.05, 3.63) is 65.0 Å². The van der Waals surface area contributed by atoms with E-state index in [4.69, 9.17) is 9.47 Å². The van der Waals surface area contributed by atoms with Gasteiger partial charge in [-0.05, 0) is 49.0 Å². The lowest BCUT2D eigenvalue weighted by Gasteiger charge is -2.28. The number of likely N-dealkylation sites (N-methyl/N-ethyl adjacent to an activating group) is 1. The van der Waals surface area contributed by atoms with Crippen molar-refractivity contribution in [3.8, 4) is 11.5 Å². The van der Waals surface area contributed by atoms with Gasteiger partial charge in [-0.3, -0.25) is 9.59 Å². The normalized spacial score (nSPS) is 17.6. The van der Waals surface area contributed by atoms with E-state index in [-0.39, 0.29) is 16.9 Å². The average Bonchev–Trinajstić information content (AvgIpc) is 3.09. The summed E-state index contributed by atoms with van der Waals surface area (Å²) in [4.78, 5) is 29.7. The molecule has 8 heteroatoms. The molecule has 1 heterocycles. The monoisotopic (exact) mass is 456 g/mol. The molecule has 3 rings (SSSR count). The van der Waals surface area contributed by atoms with Gasteiger partial charge in [0.2, 0.25) is 0 Å². The van der Waals surface area contributed by atoms with Crippen LogP contribution in [0.15, 0.2) is 48.0 Å². The molecule has 7 nitrogen and oxygen atoms in total. The Balaban J connectivity index is 2.10. The number of likely N-dealkylation sites (tertiary alicyclic amines) is 1. The van der Waals surface area contributed by atoms with Crippen LogP contribution in [0.25, 0.3) is 5.76 Å². The zero-order valence-electron chi connectivity index (χ0n) is 19.3. The minimum atomic E-state index is -0.809. The summed E-state index contributed by atoms with van der Waals surface area (Å²) in [6.45, 7) is 6.53. The number of hydrogen-bond donors (Lipinski definition) is 1. The van der Waals surface area contributed by atoms with Gasteiger partial charge in [-0.1, -0.05) is 26.0 Å². The van der Waals surface area contributed by atoms with E-state index < -0.39 is 29.3 Å². The molecule has 1 aliphatic rings. The van der Waals surface area contributed by atoms with Gasteiger partial charge in [-0.15, -0.1) is 0 Å². The number of aliphatic hydroxyl groups excluding tert-OH is 1. The molecule has 0 aliphatic carbocycles. The van der Waals surface area contributed by atoms with E-state index in [0.717, 1.165) is 19.2 Å². The van der Waals surface area contributed by atoms with Gasteiger partial charge in [0.05, 0.1) is 25.8 Å². The van der Waals surface area contributed by atoms with E-state index in [1.54, 1.807) is 31.4 Å². The Morgan fingerprint density at radius 3 is 2.27 bits per heavy atom. The number of Topliss-reactive ketones (excluding diaryl/α,β-unsaturated/α-hetero) is 1. The number of halogens is 1. The summed E-state index contributed by atoms with van der Waals surface area (Å²) in [6, 6.07) is 10.1. The second kappa shape index (κ2) is 10.5. The molecule has 0 aromatic heterocycles. The van der Waals surface area contributed by atoms with Crippen molar-refractivity contribution >= 4 is 17.4 Å². The summed E-state index contributed by atoms with van der Waals surface area (Å²) < 4.78 is 24.4. The summed E-state index contributed by atoms with van der Waals surface area (Å²) >= 11 is 0. The molecule has 176 valence electrons. The maximum Gasteiger partial charge on any atom is 0.295 e. The van der Waals surface area contributed by atoms with Crippen LogP contribution in [0.5, 0.6) is 11.5 Å². The largest absolute Gasteiger partial charge is 0.507 e. The lowest BCUT2D eigenvalue weighted by atomic mass is 9.95. The first-order valence-corrected chi connectivity index (χ1v) is 10.8. The van der Waals surface area contributed by atoms with Crippen LogP contribution in [0.1, 0.15) is 31.0 Å². The van der Waals surface area contributed by atoms with Crippen LogP contribution in [-0.4, -0.2) is 67.0 Å². The topological polar surface area (TPSA) is 79.3 Å². The summed E-state index contributed by atoms with van der Waals surface area (Å²) in [7, 11) is 2.88. The number of carbonyl (C=O) groups is 2. The third-order valence-corrected chi connectivity index (χ3v) is 5.95. The predicted octanol–water partition coefficient (Wildman–Crippen LogP) is 3.61. The molecule has 1 N–H and O–H groups in total. The third kappa shape index (κ3) is 4.85. The number of ketones is 1. The molecule has 2 aromatic rings. The number of rotatable bonds is 9. The van der Waals surface area contributed by atoms with Gasteiger partial charge in [0.1, 0.15) is 11.5 Å². The Morgan fingerprint density at radius 1 is 1.06 bits per heavy atom. The van der Waals surface area contributed by atoms with Crippen molar-refractivity contribution < 1.29 is 28.6 Å². The fraction of sp³-hybridized carbons (Fsp3) is 0.360. The van der Waals surface area contributed by atoms with E-state index in [1.165, 1.54) is 24.1 Å². The zero-order valence-corrected chi connectivity index (χ0v) is 19.3. The second-order valence-electron chi connectivity index (χ2n) is 7.64. The van der Waals surface area contributed by atoms with Crippen LogP contribution in [0.3, 0.4) is 0 Å². The first-order chi connectivity index (χ1) is 15.9. The Hall–Kier alpha value is -3.39. The number of aliphatic hydroxyl groups is 1. The smallest absolute Gasteiger partial charge is 0.295 e. The van der Waals surface area contributed by atoms with E-state index in [0.29, 0.717) is 24.4 Å². The highest BCUT2D eigenvalue weighted by Gasteiger charge is 2.46. The molecule has 2 aromatic carbocycles. The van der Waals surface area contributed by atoms with E-state index >= 15 is 0 Å². The highest BCUT2D eigenvalue weighted by atomic mass is 19.1. The molecule has 0 saturated carbocycles. The molecule has 0 spiro atoms. The Labute approximate surface area is 193 Å². The van der Waals surface area contributed by atoms with Gasteiger partial charge in [0.15, 0.2) is 11.6 Å². The molecule has 0 radical (unpaired) electrons. The molecule has 33 heavy (non-hydrogen) atoms. The molecule has 1 aliphatic heterocycles. The minimum absolute atomic E-state index is 0.0120. The molecule has 1 atom stereocenters. The molecule has 1 amide bonds. The minimum Gasteiger partial charge on any atom is -0.507 e. The lowest BCUT2D eigenvalue weighted by Crippen LogP contribution is -2.38. The lowest BCUT2D eigenvalue weighted by molar-refractivity contribution is -0.140. The fourth-order valence-electron chi connectivity index (χ4n) is 4.00. The molecule has 1 unspecified atom stereocenters. The maximum atomic E-state index is 14.3. The van der Waals surface area contributed by atoms with Crippen LogP contribution < -0.4 is 9.47 Å². The van der Waals surface area contributed by atoms with E-state index in [9.17, 15) is 19.1 Å². The number of amides is 1. The number of hydrogen-bond acceptors (Lipinski definition) is 6. The maximum absolute atomic E-state index is 14.3. The third-order valence-electron chi connectivity index (χ3n) is 5.95. The SMILES string of the molecule is CCN(CC)CCN1C(=O)C(=O)C(=C(O)c2ccc(OC)c(F)c2)C1c1ccc(OC)cc1. The predicted molar refractivity (Wildman–Crippen MR) is 123 cm³/mol. The number of carbonyl (C=O) groups excluding carboxylic acids is 2. The highest BCUT2D eigenvalue weighted by molar-refractivity contribution is 6.46. The average molecular weight is 457 g/mol. The van der Waals surface area contributed by atoms with E-state index in [2.05, 4.69) is 4.90 Å². The molecular formula is C25H29FN2O5. The molecule has 0 bridgehead atoms. The van der Waals surface area contributed by atoms with Gasteiger partial charge in [-0.2, -0.15) is 0 Å². The first-order valence-electron chi connectivity index (χ1n) is 10.8. The Kier molecular flexibility index (Phi) is 7.71. The van der Waals surface area contributed by atoms with Crippen molar-refractivity contribution in [2.45, 2.75) is 19.9 Å². The van der Waals surface area contributed by atoms with Crippen LogP contribution in [0.2, 0.25) is 0 Å². The van der Waals surface area contributed by atoms with Gasteiger partial charge in [0, 0.05) is 18.7 Å². The summed E-state index contributed by atoms with van der Waals surface area (Å²) in [5.41, 5.74) is 0.660. The zero-order chi connectivity index (χ0) is 24.1.